The lowest BCUT2D eigenvalue weighted by Crippen LogP contribution is -2.63. The van der Waals surface area contributed by atoms with E-state index in [1.54, 1.807) is 0 Å². The van der Waals surface area contributed by atoms with Crippen LogP contribution in [0.2, 0.25) is 0 Å². The van der Waals surface area contributed by atoms with E-state index in [4.69, 9.17) is 0 Å². The van der Waals surface area contributed by atoms with E-state index in [0.29, 0.717) is 31.5 Å². The quantitative estimate of drug-likeness (QED) is 0.777. The number of fused-ring (bicyclic) bond motifs is 5. The third-order valence-corrected chi connectivity index (χ3v) is 9.60. The zero-order chi connectivity index (χ0) is 19.1. The lowest BCUT2D eigenvalue weighted by Gasteiger charge is -2.63. The van der Waals surface area contributed by atoms with Crippen molar-refractivity contribution >= 4 is 17.3 Å². The molecule has 4 aliphatic rings. The predicted molar refractivity (Wildman–Crippen MR) is 97.4 cm³/mol. The van der Waals surface area contributed by atoms with E-state index in [1.165, 1.54) is 6.92 Å². The summed E-state index contributed by atoms with van der Waals surface area (Å²) in [5.41, 5.74) is -2.23. The molecule has 4 rings (SSSR count). The summed E-state index contributed by atoms with van der Waals surface area (Å²) in [4.78, 5) is 37.9. The summed E-state index contributed by atoms with van der Waals surface area (Å²) < 4.78 is 0. The Balaban J connectivity index is 1.76. The highest BCUT2D eigenvalue weighted by Gasteiger charge is 2.70. The number of aliphatic hydroxyl groups is 1. The largest absolute Gasteiger partial charge is 0.381 e. The lowest BCUT2D eigenvalue weighted by molar-refractivity contribution is -0.187. The van der Waals surface area contributed by atoms with Gasteiger partial charge in [-0.25, -0.2) is 0 Å². The number of carbonyl (C=O) groups is 3. The number of hydrogen-bond acceptors (Lipinski definition) is 4. The van der Waals surface area contributed by atoms with Gasteiger partial charge in [0.25, 0.3) is 0 Å². The zero-order valence-electron chi connectivity index (χ0n) is 16.6. The molecule has 4 saturated carbocycles. The first kappa shape index (κ1) is 18.3. The molecule has 4 nitrogen and oxygen atoms in total. The summed E-state index contributed by atoms with van der Waals surface area (Å²) in [7, 11) is 0. The number of Topliss-reactive ketones (excluding diaryl/α,β-unsaturated/α-hetero) is 3. The fourth-order valence-electron chi connectivity index (χ4n) is 7.77. The summed E-state index contributed by atoms with van der Waals surface area (Å²) in [5, 5.41) is 11.2. The fraction of sp³-hybridized carbons (Fsp3) is 0.864. The third kappa shape index (κ3) is 1.97. The molecule has 26 heavy (non-hydrogen) atoms. The first-order chi connectivity index (χ1) is 12.0. The summed E-state index contributed by atoms with van der Waals surface area (Å²) in [6.45, 7) is 7.89. The number of rotatable bonds is 1. The van der Waals surface area contributed by atoms with Crippen LogP contribution in [0.15, 0.2) is 0 Å². The first-order valence-electron chi connectivity index (χ1n) is 10.3. The Morgan fingerprint density at radius 2 is 1.69 bits per heavy atom. The van der Waals surface area contributed by atoms with Gasteiger partial charge < -0.3 is 5.11 Å². The van der Waals surface area contributed by atoms with Gasteiger partial charge >= 0.3 is 0 Å². The van der Waals surface area contributed by atoms with Crippen LogP contribution in [0.3, 0.4) is 0 Å². The van der Waals surface area contributed by atoms with Crippen LogP contribution in [-0.2, 0) is 14.4 Å². The topological polar surface area (TPSA) is 71.4 Å². The van der Waals surface area contributed by atoms with Gasteiger partial charge in [0.2, 0.25) is 0 Å². The van der Waals surface area contributed by atoms with Crippen molar-refractivity contribution < 1.29 is 19.5 Å². The molecular weight excluding hydrogens is 328 g/mol. The Kier molecular flexibility index (Phi) is 3.72. The van der Waals surface area contributed by atoms with Gasteiger partial charge in [-0.15, -0.1) is 0 Å². The van der Waals surface area contributed by atoms with Gasteiger partial charge in [-0.3, -0.25) is 14.4 Å². The van der Waals surface area contributed by atoms with Crippen molar-refractivity contribution in [1.29, 1.82) is 0 Å². The normalized spacial score (nSPS) is 53.7. The molecule has 0 aromatic carbocycles. The van der Waals surface area contributed by atoms with Crippen molar-refractivity contribution in [3.05, 3.63) is 0 Å². The van der Waals surface area contributed by atoms with E-state index in [2.05, 4.69) is 13.8 Å². The van der Waals surface area contributed by atoms with Crippen LogP contribution >= 0.6 is 0 Å². The molecule has 4 fully saturated rings. The van der Waals surface area contributed by atoms with E-state index in [0.717, 1.165) is 25.7 Å². The Morgan fingerprint density at radius 1 is 1.00 bits per heavy atom. The van der Waals surface area contributed by atoms with E-state index < -0.39 is 11.0 Å². The van der Waals surface area contributed by atoms with Crippen LogP contribution < -0.4 is 0 Å². The van der Waals surface area contributed by atoms with Gasteiger partial charge in [0.15, 0.2) is 5.78 Å². The Hall–Kier alpha value is -1.03. The monoisotopic (exact) mass is 360 g/mol. The van der Waals surface area contributed by atoms with Gasteiger partial charge in [0.05, 0.1) is 0 Å². The van der Waals surface area contributed by atoms with Crippen molar-refractivity contribution in [3.8, 4) is 0 Å². The molecule has 4 heteroatoms. The van der Waals surface area contributed by atoms with E-state index in [9.17, 15) is 19.5 Å². The van der Waals surface area contributed by atoms with Gasteiger partial charge in [0.1, 0.15) is 17.2 Å². The molecule has 0 bridgehead atoms. The molecular formula is C22H32O4. The van der Waals surface area contributed by atoms with Crippen molar-refractivity contribution in [2.24, 2.45) is 34.0 Å². The van der Waals surface area contributed by atoms with Crippen molar-refractivity contribution in [3.63, 3.8) is 0 Å². The molecule has 0 saturated heterocycles. The smallest absolute Gasteiger partial charge is 0.161 e. The zero-order valence-corrected chi connectivity index (χ0v) is 16.6. The van der Waals surface area contributed by atoms with E-state index >= 15 is 0 Å². The van der Waals surface area contributed by atoms with Crippen LogP contribution in [0.5, 0.6) is 0 Å². The highest BCUT2D eigenvalue weighted by molar-refractivity contribution is 5.91. The lowest BCUT2D eigenvalue weighted by atomic mass is 9.40. The predicted octanol–water partition coefficient (Wildman–Crippen LogP) is 3.49. The Bertz CT molecular complexity index is 698. The number of ketones is 3. The van der Waals surface area contributed by atoms with Gasteiger partial charge in [-0.1, -0.05) is 20.8 Å². The minimum atomic E-state index is -1.36. The second kappa shape index (κ2) is 5.27. The maximum Gasteiger partial charge on any atom is 0.161 e. The molecule has 0 aromatic rings. The van der Waals surface area contributed by atoms with E-state index in [-0.39, 0.29) is 40.2 Å². The molecule has 0 amide bonds. The molecule has 0 aromatic heterocycles. The summed E-state index contributed by atoms with van der Waals surface area (Å²) >= 11 is 0. The molecule has 0 aliphatic heterocycles. The van der Waals surface area contributed by atoms with Crippen LogP contribution in [0.1, 0.15) is 79.1 Å². The van der Waals surface area contributed by atoms with Crippen LogP contribution in [-0.4, -0.2) is 28.1 Å². The molecule has 0 radical (unpaired) electrons. The minimum absolute atomic E-state index is 0.0262. The van der Waals surface area contributed by atoms with Gasteiger partial charge in [-0.2, -0.15) is 0 Å². The average Bonchev–Trinajstić information content (AvgIpc) is 2.81. The molecule has 7 atom stereocenters. The SMILES string of the molecule is CC(=O)[C@@]1(O)CC[C@@H]2[C@@H]3CC[C@@]4(C)CC(=O)CC[C@]4(C)[C@@H]3C(=O)C[C@]21C. The summed E-state index contributed by atoms with van der Waals surface area (Å²) in [5.74, 6) is 0.797. The first-order valence-corrected chi connectivity index (χ1v) is 10.3. The van der Waals surface area contributed by atoms with Crippen LogP contribution in [0.25, 0.3) is 0 Å². The Morgan fingerprint density at radius 3 is 2.35 bits per heavy atom. The van der Waals surface area contributed by atoms with Gasteiger partial charge in [0, 0.05) is 30.6 Å². The molecule has 0 unspecified atom stereocenters. The molecule has 1 N–H and O–H groups in total. The summed E-state index contributed by atoms with van der Waals surface area (Å²) in [6, 6.07) is 0. The third-order valence-electron chi connectivity index (χ3n) is 9.60. The van der Waals surface area contributed by atoms with Crippen LogP contribution in [0, 0.1) is 34.0 Å². The van der Waals surface area contributed by atoms with Crippen molar-refractivity contribution in [2.45, 2.75) is 84.7 Å². The highest BCUT2D eigenvalue weighted by atomic mass is 16.3. The fourth-order valence-corrected chi connectivity index (χ4v) is 7.77. The molecule has 0 spiro atoms. The average molecular weight is 360 g/mol. The maximum atomic E-state index is 13.5. The number of hydrogen-bond donors (Lipinski definition) is 1. The second-order valence-corrected chi connectivity index (χ2v) is 10.5. The van der Waals surface area contributed by atoms with Crippen molar-refractivity contribution in [1.82, 2.24) is 0 Å². The second-order valence-electron chi connectivity index (χ2n) is 10.5. The minimum Gasteiger partial charge on any atom is -0.381 e. The summed E-state index contributed by atoms with van der Waals surface area (Å²) in [6.07, 6.45) is 5.49. The van der Waals surface area contributed by atoms with Crippen LogP contribution in [0.4, 0.5) is 0 Å². The molecule has 4 aliphatic carbocycles. The Labute approximate surface area is 156 Å². The maximum absolute atomic E-state index is 13.5. The van der Waals surface area contributed by atoms with Crippen molar-refractivity contribution in [2.75, 3.05) is 0 Å². The molecule has 144 valence electrons. The molecule has 0 heterocycles. The van der Waals surface area contributed by atoms with Gasteiger partial charge in [-0.05, 0) is 61.7 Å². The number of carbonyl (C=O) groups excluding carboxylic acids is 3. The standard InChI is InChI=1S/C22H32O4/c1-13(23)22(26)10-7-16-15-6-8-19(2)11-14(24)5-9-20(19,3)18(15)17(25)12-21(16,22)4/h15-16,18,26H,5-12H2,1-4H3/t15-,16+,18-,19-,20+,21+,22-/m0/s1. The van der Waals surface area contributed by atoms with E-state index in [1.807, 2.05) is 6.92 Å². The highest BCUT2D eigenvalue weighted by Crippen LogP contribution is 2.70.